The summed E-state index contributed by atoms with van der Waals surface area (Å²) in [6, 6.07) is 5.43. The number of aromatic carboxylic acids is 1. The van der Waals surface area contributed by atoms with Crippen molar-refractivity contribution in [1.82, 2.24) is 29.5 Å². The Balaban J connectivity index is 0.00000240. The number of carbonyl (C=O) groups is 1. The normalized spacial score (nSPS) is 12.0. The fourth-order valence-corrected chi connectivity index (χ4v) is 3.35. The van der Waals surface area contributed by atoms with E-state index >= 15 is 0 Å². The summed E-state index contributed by atoms with van der Waals surface area (Å²) in [7, 11) is 0. The van der Waals surface area contributed by atoms with Gasteiger partial charge >= 0.3 is 5.97 Å². The van der Waals surface area contributed by atoms with E-state index in [1.807, 2.05) is 32.0 Å². The van der Waals surface area contributed by atoms with Crippen LogP contribution >= 0.6 is 25.1 Å². The Morgan fingerprint density at radius 2 is 2.00 bits per heavy atom. The zero-order valence-corrected chi connectivity index (χ0v) is 17.2. The van der Waals surface area contributed by atoms with Gasteiger partial charge in [-0.15, -0.1) is 0 Å². The van der Waals surface area contributed by atoms with Crippen LogP contribution in [-0.2, 0) is 0 Å². The summed E-state index contributed by atoms with van der Waals surface area (Å²) >= 11 is 6.16. The van der Waals surface area contributed by atoms with E-state index in [9.17, 15) is 9.59 Å². The van der Waals surface area contributed by atoms with Crippen LogP contribution in [0.25, 0.3) is 17.0 Å². The predicted molar refractivity (Wildman–Crippen MR) is 113 cm³/mol. The standard InChI is InChI=1S/C18H15ClN6O3.H2S/c1-9-3-11(5-13(19)4-9)10(2)25-15-14(7-21-25)22-18(23-16(15)26)24-8-12(6-20-24)17(27)28;/h3-8,10H,1-2H3,(H,27,28)(H,22,23,26);1H2/t10-;/m0./s1. The summed E-state index contributed by atoms with van der Waals surface area (Å²) in [4.78, 5) is 30.7. The Morgan fingerprint density at radius 1 is 1.24 bits per heavy atom. The first-order valence-electron chi connectivity index (χ1n) is 8.36. The van der Waals surface area contributed by atoms with Gasteiger partial charge in [-0.05, 0) is 37.1 Å². The maximum absolute atomic E-state index is 12.7. The average molecular weight is 433 g/mol. The number of hydrogen-bond acceptors (Lipinski definition) is 5. The second-order valence-corrected chi connectivity index (χ2v) is 6.87. The van der Waals surface area contributed by atoms with Crippen molar-refractivity contribution in [2.24, 2.45) is 0 Å². The molecule has 0 saturated carbocycles. The van der Waals surface area contributed by atoms with Crippen LogP contribution in [0.4, 0.5) is 0 Å². The monoisotopic (exact) mass is 432 g/mol. The minimum absolute atomic E-state index is 0. The van der Waals surface area contributed by atoms with Gasteiger partial charge in [-0.2, -0.15) is 23.7 Å². The maximum Gasteiger partial charge on any atom is 0.338 e. The number of rotatable bonds is 4. The predicted octanol–water partition coefficient (Wildman–Crippen LogP) is 2.69. The highest BCUT2D eigenvalue weighted by Crippen LogP contribution is 2.24. The van der Waals surface area contributed by atoms with Gasteiger partial charge in [0.25, 0.3) is 5.56 Å². The van der Waals surface area contributed by atoms with Crippen molar-refractivity contribution in [3.63, 3.8) is 0 Å². The van der Waals surface area contributed by atoms with Crippen molar-refractivity contribution >= 4 is 42.1 Å². The molecule has 3 aromatic heterocycles. The largest absolute Gasteiger partial charge is 0.478 e. The van der Waals surface area contributed by atoms with Crippen LogP contribution in [-0.4, -0.2) is 40.6 Å². The molecule has 4 aromatic rings. The summed E-state index contributed by atoms with van der Waals surface area (Å²) < 4.78 is 2.78. The quantitative estimate of drug-likeness (QED) is 0.511. The molecule has 1 aromatic carbocycles. The fraction of sp³-hybridized carbons (Fsp3) is 0.167. The second kappa shape index (κ2) is 7.72. The van der Waals surface area contributed by atoms with Crippen molar-refractivity contribution in [3.05, 3.63) is 68.9 Å². The molecule has 3 heterocycles. The van der Waals surface area contributed by atoms with Gasteiger partial charge in [-0.3, -0.25) is 14.5 Å². The van der Waals surface area contributed by atoms with Gasteiger partial charge in [0.1, 0.15) is 5.52 Å². The molecule has 0 fully saturated rings. The second-order valence-electron chi connectivity index (χ2n) is 6.43. The van der Waals surface area contributed by atoms with Gasteiger partial charge in [-0.25, -0.2) is 14.5 Å². The Kier molecular flexibility index (Phi) is 5.49. The Labute approximate surface area is 176 Å². The van der Waals surface area contributed by atoms with Crippen LogP contribution in [0.2, 0.25) is 5.02 Å². The number of carboxylic acid groups (broad SMARTS) is 1. The topological polar surface area (TPSA) is 119 Å². The summed E-state index contributed by atoms with van der Waals surface area (Å²) in [5.74, 6) is -1.01. The number of fused-ring (bicyclic) bond motifs is 1. The van der Waals surface area contributed by atoms with Crippen LogP contribution in [0.1, 0.15) is 34.5 Å². The van der Waals surface area contributed by atoms with Gasteiger partial charge in [0.15, 0.2) is 5.52 Å². The molecule has 9 nitrogen and oxygen atoms in total. The average Bonchev–Trinajstić information content (AvgIpc) is 3.27. The van der Waals surface area contributed by atoms with E-state index in [-0.39, 0.29) is 31.0 Å². The Bertz CT molecular complexity index is 1260. The number of aryl methyl sites for hydroxylation is 1. The van der Waals surface area contributed by atoms with Gasteiger partial charge < -0.3 is 5.11 Å². The number of aromatic nitrogens is 6. The maximum atomic E-state index is 12.7. The molecule has 0 aliphatic carbocycles. The molecule has 0 aliphatic heterocycles. The lowest BCUT2D eigenvalue weighted by Gasteiger charge is -2.15. The van der Waals surface area contributed by atoms with E-state index in [1.165, 1.54) is 23.3 Å². The van der Waals surface area contributed by atoms with E-state index in [1.54, 1.807) is 4.68 Å². The molecule has 0 unspecified atom stereocenters. The Hall–Kier alpha value is -3.11. The van der Waals surface area contributed by atoms with Gasteiger partial charge in [0.05, 0.1) is 24.0 Å². The van der Waals surface area contributed by atoms with E-state index < -0.39 is 11.5 Å². The third kappa shape index (κ3) is 3.76. The van der Waals surface area contributed by atoms with Crippen molar-refractivity contribution < 1.29 is 9.90 Å². The number of nitrogens with one attached hydrogen (secondary N) is 1. The SMILES string of the molecule is Cc1cc(Cl)cc([C@H](C)n2ncc3nc(-n4cc(C(=O)O)cn4)[nH]c(=O)c32)c1.S. The molecule has 0 amide bonds. The zero-order chi connectivity index (χ0) is 20.0. The molecule has 2 N–H and O–H groups in total. The zero-order valence-electron chi connectivity index (χ0n) is 15.4. The molecule has 0 radical (unpaired) electrons. The van der Waals surface area contributed by atoms with Gasteiger partial charge in [-0.1, -0.05) is 17.7 Å². The van der Waals surface area contributed by atoms with Crippen LogP contribution in [0.5, 0.6) is 0 Å². The number of benzene rings is 1. The van der Waals surface area contributed by atoms with E-state index in [4.69, 9.17) is 16.7 Å². The van der Waals surface area contributed by atoms with Gasteiger partial charge in [0, 0.05) is 11.2 Å². The number of nitrogens with zero attached hydrogens (tertiary/aromatic N) is 5. The van der Waals surface area contributed by atoms with E-state index in [0.717, 1.165) is 11.1 Å². The van der Waals surface area contributed by atoms with Crippen molar-refractivity contribution in [3.8, 4) is 5.95 Å². The molecule has 11 heteroatoms. The summed E-state index contributed by atoms with van der Waals surface area (Å²) in [6.45, 7) is 3.86. The van der Waals surface area contributed by atoms with Crippen LogP contribution in [0, 0.1) is 6.92 Å². The highest BCUT2D eigenvalue weighted by molar-refractivity contribution is 7.59. The molecular formula is C18H17ClN6O3S. The molecular weight excluding hydrogens is 416 g/mol. The first-order valence-corrected chi connectivity index (χ1v) is 8.74. The van der Waals surface area contributed by atoms with E-state index in [2.05, 4.69) is 20.2 Å². The highest BCUT2D eigenvalue weighted by Gasteiger charge is 2.18. The molecule has 0 saturated heterocycles. The molecule has 0 aliphatic rings. The number of halogens is 1. The molecule has 150 valence electrons. The van der Waals surface area contributed by atoms with Crippen LogP contribution in [0.3, 0.4) is 0 Å². The molecule has 4 rings (SSSR count). The van der Waals surface area contributed by atoms with Crippen LogP contribution in [0.15, 0.2) is 41.6 Å². The number of carboxylic acids is 1. The summed E-state index contributed by atoms with van der Waals surface area (Å²) in [5.41, 5.74) is 2.18. The smallest absolute Gasteiger partial charge is 0.338 e. The molecule has 0 bridgehead atoms. The number of H-pyrrole nitrogens is 1. The molecule has 1 atom stereocenters. The molecule has 29 heavy (non-hydrogen) atoms. The lowest BCUT2D eigenvalue weighted by molar-refractivity contribution is 0.0697. The highest BCUT2D eigenvalue weighted by atomic mass is 35.5. The Morgan fingerprint density at radius 3 is 2.66 bits per heavy atom. The minimum Gasteiger partial charge on any atom is -0.478 e. The third-order valence-corrected chi connectivity index (χ3v) is 4.62. The number of hydrogen-bond donors (Lipinski definition) is 2. The minimum atomic E-state index is -1.12. The first-order chi connectivity index (χ1) is 13.3. The first kappa shape index (κ1) is 20.6. The number of aromatic amines is 1. The van der Waals surface area contributed by atoms with E-state index in [0.29, 0.717) is 16.1 Å². The lowest BCUT2D eigenvalue weighted by Crippen LogP contribution is -2.19. The lowest BCUT2D eigenvalue weighted by atomic mass is 10.1. The van der Waals surface area contributed by atoms with Crippen molar-refractivity contribution in [2.75, 3.05) is 0 Å². The molecule has 0 spiro atoms. The third-order valence-electron chi connectivity index (χ3n) is 4.40. The fourth-order valence-electron chi connectivity index (χ4n) is 3.06. The van der Waals surface area contributed by atoms with Crippen molar-refractivity contribution in [1.29, 1.82) is 0 Å². The van der Waals surface area contributed by atoms with Crippen molar-refractivity contribution in [2.45, 2.75) is 19.9 Å². The van der Waals surface area contributed by atoms with Gasteiger partial charge in [0.2, 0.25) is 5.95 Å². The summed E-state index contributed by atoms with van der Waals surface area (Å²) in [5, 5.41) is 17.9. The summed E-state index contributed by atoms with van der Waals surface area (Å²) in [6.07, 6.45) is 3.94. The van der Waals surface area contributed by atoms with Crippen LogP contribution < -0.4 is 5.56 Å².